The van der Waals surface area contributed by atoms with Crippen molar-refractivity contribution in [3.05, 3.63) is 53.9 Å². The molecule has 1 aromatic heterocycles. The van der Waals surface area contributed by atoms with Gasteiger partial charge in [-0.3, -0.25) is 9.67 Å². The van der Waals surface area contributed by atoms with Crippen molar-refractivity contribution < 1.29 is 0 Å². The molecule has 2 rings (SSSR count). The Morgan fingerprint density at radius 1 is 1.30 bits per heavy atom. The number of aryl methyl sites for hydroxylation is 1. The third kappa shape index (κ3) is 3.60. The molecule has 5 heteroatoms. The lowest BCUT2D eigenvalue weighted by atomic mass is 10.2. The lowest BCUT2D eigenvalue weighted by Crippen LogP contribution is -2.38. The second kappa shape index (κ2) is 6.75. The first-order valence-corrected chi connectivity index (χ1v) is 6.63. The minimum absolute atomic E-state index is 0.711. The fourth-order valence-electron chi connectivity index (χ4n) is 2.06. The van der Waals surface area contributed by atoms with Crippen molar-refractivity contribution in [2.45, 2.75) is 13.1 Å². The Morgan fingerprint density at radius 3 is 2.65 bits per heavy atom. The molecule has 20 heavy (non-hydrogen) atoms. The number of hydrogen-bond acceptors (Lipinski definition) is 2. The lowest BCUT2D eigenvalue weighted by Gasteiger charge is -2.22. The van der Waals surface area contributed by atoms with E-state index in [-0.39, 0.29) is 0 Å². The van der Waals surface area contributed by atoms with E-state index in [9.17, 15) is 0 Å². The smallest absolute Gasteiger partial charge is 0.194 e. The van der Waals surface area contributed by atoms with E-state index < -0.39 is 0 Å². The van der Waals surface area contributed by atoms with Crippen molar-refractivity contribution in [3.8, 4) is 0 Å². The van der Waals surface area contributed by atoms with Gasteiger partial charge < -0.3 is 10.2 Å². The van der Waals surface area contributed by atoms with E-state index >= 15 is 0 Å². The minimum atomic E-state index is 0.711. The van der Waals surface area contributed by atoms with Crippen molar-refractivity contribution >= 4 is 5.96 Å². The molecule has 0 aliphatic rings. The van der Waals surface area contributed by atoms with Gasteiger partial charge in [0.15, 0.2) is 5.96 Å². The molecule has 0 aliphatic carbocycles. The van der Waals surface area contributed by atoms with Crippen LogP contribution < -0.4 is 5.32 Å². The number of nitrogens with zero attached hydrogens (tertiary/aromatic N) is 4. The average Bonchev–Trinajstić information content (AvgIpc) is 2.86. The molecule has 0 fully saturated rings. The zero-order valence-electron chi connectivity index (χ0n) is 12.2. The summed E-state index contributed by atoms with van der Waals surface area (Å²) in [5.41, 5.74) is 2.39. The molecule has 0 spiro atoms. The van der Waals surface area contributed by atoms with Crippen molar-refractivity contribution in [1.29, 1.82) is 0 Å². The molecule has 106 valence electrons. The summed E-state index contributed by atoms with van der Waals surface area (Å²) in [4.78, 5) is 6.42. The Kier molecular flexibility index (Phi) is 4.76. The quantitative estimate of drug-likeness (QED) is 0.679. The van der Waals surface area contributed by atoms with Crippen LogP contribution in [0.15, 0.2) is 47.6 Å². The topological polar surface area (TPSA) is 45.5 Å². The molecule has 0 saturated heterocycles. The third-order valence-electron chi connectivity index (χ3n) is 3.19. The maximum absolute atomic E-state index is 4.32. The van der Waals surface area contributed by atoms with Crippen molar-refractivity contribution in [1.82, 2.24) is 20.0 Å². The van der Waals surface area contributed by atoms with Gasteiger partial charge in [0, 0.05) is 33.9 Å². The molecule has 5 nitrogen and oxygen atoms in total. The van der Waals surface area contributed by atoms with Gasteiger partial charge in [-0.2, -0.15) is 5.10 Å². The summed E-state index contributed by atoms with van der Waals surface area (Å²) in [6.07, 6.45) is 1.80. The summed E-state index contributed by atoms with van der Waals surface area (Å²) in [5, 5.41) is 7.50. The van der Waals surface area contributed by atoms with Gasteiger partial charge in [-0.15, -0.1) is 0 Å². The molecule has 0 aliphatic heterocycles. The summed E-state index contributed by atoms with van der Waals surface area (Å²) in [5.74, 6) is 0.870. The van der Waals surface area contributed by atoms with Crippen LogP contribution in [0.5, 0.6) is 0 Å². The number of nitrogens with one attached hydrogen (secondary N) is 1. The van der Waals surface area contributed by atoms with E-state index in [1.165, 1.54) is 5.56 Å². The van der Waals surface area contributed by atoms with Crippen LogP contribution in [0.2, 0.25) is 0 Å². The summed E-state index contributed by atoms with van der Waals surface area (Å²) in [7, 11) is 5.77. The lowest BCUT2D eigenvalue weighted by molar-refractivity contribution is 0.474. The molecule has 2 aromatic rings. The van der Waals surface area contributed by atoms with E-state index in [4.69, 9.17) is 0 Å². The molecule has 0 radical (unpaired) electrons. The summed E-state index contributed by atoms with van der Waals surface area (Å²) in [6.45, 7) is 1.54. The molecule has 1 N–H and O–H groups in total. The van der Waals surface area contributed by atoms with E-state index in [0.717, 1.165) is 18.2 Å². The number of aromatic nitrogens is 2. The number of hydrogen-bond donors (Lipinski definition) is 1. The highest BCUT2D eigenvalue weighted by molar-refractivity contribution is 5.79. The Balaban J connectivity index is 1.93. The number of rotatable bonds is 4. The van der Waals surface area contributed by atoms with Gasteiger partial charge >= 0.3 is 0 Å². The second-order valence-corrected chi connectivity index (χ2v) is 4.69. The number of benzene rings is 1. The normalized spacial score (nSPS) is 11.4. The zero-order chi connectivity index (χ0) is 14.4. The van der Waals surface area contributed by atoms with Crippen LogP contribution in [-0.2, 0) is 20.1 Å². The Morgan fingerprint density at radius 2 is 2.05 bits per heavy atom. The molecule has 0 amide bonds. The predicted molar refractivity (Wildman–Crippen MR) is 81.3 cm³/mol. The van der Waals surface area contributed by atoms with E-state index in [2.05, 4.69) is 44.6 Å². The molecule has 1 heterocycles. The predicted octanol–water partition coefficient (Wildman–Crippen LogP) is 1.63. The van der Waals surface area contributed by atoms with E-state index in [1.54, 1.807) is 13.2 Å². The molecule has 0 bridgehead atoms. The zero-order valence-corrected chi connectivity index (χ0v) is 12.2. The highest BCUT2D eigenvalue weighted by Gasteiger charge is 2.07. The van der Waals surface area contributed by atoms with Gasteiger partial charge in [0.2, 0.25) is 0 Å². The monoisotopic (exact) mass is 271 g/mol. The van der Waals surface area contributed by atoms with Gasteiger partial charge in [-0.05, 0) is 11.6 Å². The van der Waals surface area contributed by atoms with Crippen LogP contribution in [0, 0.1) is 0 Å². The standard InChI is InChI=1S/C15H21N5/c1-16-15(17-11-14-9-10-18-20(14)3)19(2)12-13-7-5-4-6-8-13/h4-10H,11-12H2,1-3H3,(H,16,17). The van der Waals surface area contributed by atoms with Gasteiger partial charge in [0.1, 0.15) is 0 Å². The molecule has 0 saturated carbocycles. The Hall–Kier alpha value is -2.30. The molecular weight excluding hydrogens is 250 g/mol. The van der Waals surface area contributed by atoms with Gasteiger partial charge in [0.05, 0.1) is 12.2 Å². The fourth-order valence-corrected chi connectivity index (χ4v) is 2.06. The molecule has 1 aromatic carbocycles. The highest BCUT2D eigenvalue weighted by Crippen LogP contribution is 2.03. The molecular formula is C15H21N5. The van der Waals surface area contributed by atoms with Crippen LogP contribution in [-0.4, -0.2) is 34.7 Å². The summed E-state index contributed by atoms with van der Waals surface area (Å²) >= 11 is 0. The van der Waals surface area contributed by atoms with Crippen molar-refractivity contribution in [3.63, 3.8) is 0 Å². The average molecular weight is 271 g/mol. The first kappa shape index (κ1) is 14.1. The van der Waals surface area contributed by atoms with Gasteiger partial charge in [-0.25, -0.2) is 0 Å². The van der Waals surface area contributed by atoms with Crippen LogP contribution in [0.4, 0.5) is 0 Å². The summed E-state index contributed by atoms with van der Waals surface area (Å²) < 4.78 is 1.86. The highest BCUT2D eigenvalue weighted by atomic mass is 15.3. The van der Waals surface area contributed by atoms with Crippen LogP contribution in [0.3, 0.4) is 0 Å². The van der Waals surface area contributed by atoms with Crippen molar-refractivity contribution in [2.75, 3.05) is 14.1 Å². The third-order valence-corrected chi connectivity index (χ3v) is 3.19. The van der Waals surface area contributed by atoms with E-state index in [1.807, 2.05) is 30.9 Å². The van der Waals surface area contributed by atoms with Gasteiger partial charge in [-0.1, -0.05) is 30.3 Å². The Bertz CT molecular complexity index is 559. The first-order chi connectivity index (χ1) is 9.70. The molecule has 0 atom stereocenters. The van der Waals surface area contributed by atoms with E-state index in [0.29, 0.717) is 6.54 Å². The number of guanidine groups is 1. The second-order valence-electron chi connectivity index (χ2n) is 4.69. The van der Waals surface area contributed by atoms with Crippen molar-refractivity contribution in [2.24, 2.45) is 12.0 Å². The SMILES string of the molecule is CN=C(NCc1ccnn1C)N(C)Cc1ccccc1. The Labute approximate surface area is 119 Å². The van der Waals surface area contributed by atoms with Crippen LogP contribution in [0.25, 0.3) is 0 Å². The summed E-state index contributed by atoms with van der Waals surface area (Å²) in [6, 6.07) is 12.4. The minimum Gasteiger partial charge on any atom is -0.351 e. The molecule has 0 unspecified atom stereocenters. The van der Waals surface area contributed by atoms with Crippen LogP contribution >= 0.6 is 0 Å². The fraction of sp³-hybridized carbons (Fsp3) is 0.333. The first-order valence-electron chi connectivity index (χ1n) is 6.63. The maximum atomic E-state index is 4.32. The number of aliphatic imine (C=N–C) groups is 1. The van der Waals surface area contributed by atoms with Crippen LogP contribution in [0.1, 0.15) is 11.3 Å². The maximum Gasteiger partial charge on any atom is 0.194 e. The largest absolute Gasteiger partial charge is 0.351 e. The van der Waals surface area contributed by atoms with Gasteiger partial charge in [0.25, 0.3) is 0 Å².